The lowest BCUT2D eigenvalue weighted by Gasteiger charge is -2.29. The Bertz CT molecular complexity index is 346. The Morgan fingerprint density at radius 2 is 1.94 bits per heavy atom. The topological polar surface area (TPSA) is 30.5 Å². The van der Waals surface area contributed by atoms with E-state index in [1.807, 2.05) is 19.2 Å². The van der Waals surface area contributed by atoms with Crippen LogP contribution in [0, 0.1) is 6.92 Å². The zero-order valence-corrected chi connectivity index (χ0v) is 9.95. The Hall–Kier alpha value is -0.900. The van der Waals surface area contributed by atoms with Crippen LogP contribution in [0.5, 0.6) is 0 Å². The van der Waals surface area contributed by atoms with Gasteiger partial charge in [0.25, 0.3) is 0 Å². The summed E-state index contributed by atoms with van der Waals surface area (Å²) in [4.78, 5) is 0. The molecule has 16 heavy (non-hydrogen) atoms. The lowest BCUT2D eigenvalue weighted by atomic mass is 9.97. The summed E-state index contributed by atoms with van der Waals surface area (Å²) in [6.45, 7) is 4.34. The Morgan fingerprint density at radius 3 is 2.56 bits per heavy atom. The first kappa shape index (κ1) is 11.6. The highest BCUT2D eigenvalue weighted by molar-refractivity contribution is 5.30. The molecule has 1 N–H and O–H groups in total. The fourth-order valence-electron chi connectivity index (χ4n) is 2.18. The van der Waals surface area contributed by atoms with E-state index in [0.717, 1.165) is 18.5 Å². The first-order chi connectivity index (χ1) is 7.78. The van der Waals surface area contributed by atoms with Crippen molar-refractivity contribution in [1.82, 2.24) is 5.32 Å². The van der Waals surface area contributed by atoms with Gasteiger partial charge in [-0.2, -0.15) is 0 Å². The van der Waals surface area contributed by atoms with Gasteiger partial charge >= 0.3 is 0 Å². The van der Waals surface area contributed by atoms with Crippen molar-refractivity contribution in [3.8, 4) is 0 Å². The first-order valence-corrected chi connectivity index (χ1v) is 5.77. The molecule has 0 bridgehead atoms. The van der Waals surface area contributed by atoms with Crippen LogP contribution >= 0.6 is 0 Å². The van der Waals surface area contributed by atoms with Crippen molar-refractivity contribution >= 4 is 0 Å². The van der Waals surface area contributed by atoms with Gasteiger partial charge in [0, 0.05) is 18.5 Å². The number of rotatable bonds is 4. The predicted octanol–water partition coefficient (Wildman–Crippen LogP) is 1.80. The number of aryl methyl sites for hydroxylation is 1. The van der Waals surface area contributed by atoms with Crippen molar-refractivity contribution in [1.29, 1.82) is 0 Å². The molecule has 0 saturated carbocycles. The molecule has 0 radical (unpaired) electrons. The van der Waals surface area contributed by atoms with Gasteiger partial charge in [-0.15, -0.1) is 0 Å². The molecule has 1 aliphatic rings. The molecular weight excluding hydrogens is 202 g/mol. The van der Waals surface area contributed by atoms with Crippen LogP contribution < -0.4 is 5.32 Å². The van der Waals surface area contributed by atoms with E-state index < -0.39 is 5.79 Å². The summed E-state index contributed by atoms with van der Waals surface area (Å²) >= 11 is 0. The van der Waals surface area contributed by atoms with Gasteiger partial charge in [-0.25, -0.2) is 0 Å². The zero-order chi connectivity index (χ0) is 11.4. The Kier molecular flexibility index (Phi) is 3.59. The smallest absolute Gasteiger partial charge is 0.196 e. The van der Waals surface area contributed by atoms with E-state index in [0.29, 0.717) is 13.2 Å². The van der Waals surface area contributed by atoms with Crippen LogP contribution in [0.2, 0.25) is 0 Å². The average Bonchev–Trinajstić information content (AvgIpc) is 2.77. The lowest BCUT2D eigenvalue weighted by Crippen LogP contribution is -2.31. The summed E-state index contributed by atoms with van der Waals surface area (Å²) in [6, 6.07) is 8.27. The summed E-state index contributed by atoms with van der Waals surface area (Å²) < 4.78 is 11.7. The van der Waals surface area contributed by atoms with Gasteiger partial charge in [0.2, 0.25) is 0 Å². The highest BCUT2D eigenvalue weighted by Gasteiger charge is 2.38. The van der Waals surface area contributed by atoms with Crippen molar-refractivity contribution < 1.29 is 9.47 Å². The summed E-state index contributed by atoms with van der Waals surface area (Å²) in [5.41, 5.74) is 2.38. The molecule has 0 atom stereocenters. The fourth-order valence-corrected chi connectivity index (χ4v) is 2.18. The van der Waals surface area contributed by atoms with Crippen molar-refractivity contribution in [2.24, 2.45) is 0 Å². The third kappa shape index (κ3) is 2.12. The van der Waals surface area contributed by atoms with Crippen LogP contribution in [0.1, 0.15) is 17.5 Å². The molecule has 0 unspecified atom stereocenters. The predicted molar refractivity (Wildman–Crippen MR) is 63.3 cm³/mol. The largest absolute Gasteiger partial charge is 0.343 e. The van der Waals surface area contributed by atoms with E-state index in [4.69, 9.17) is 9.47 Å². The monoisotopic (exact) mass is 221 g/mol. The average molecular weight is 221 g/mol. The van der Waals surface area contributed by atoms with E-state index in [1.165, 1.54) is 5.56 Å². The number of benzene rings is 1. The van der Waals surface area contributed by atoms with Gasteiger partial charge < -0.3 is 14.8 Å². The molecule has 0 amide bonds. The fraction of sp³-hybridized carbons (Fsp3) is 0.538. The number of hydrogen-bond donors (Lipinski definition) is 1. The Labute approximate surface area is 96.8 Å². The first-order valence-electron chi connectivity index (χ1n) is 5.77. The molecule has 1 heterocycles. The van der Waals surface area contributed by atoms with Gasteiger partial charge in [-0.05, 0) is 19.5 Å². The van der Waals surface area contributed by atoms with Crippen LogP contribution in [0.25, 0.3) is 0 Å². The van der Waals surface area contributed by atoms with E-state index in [2.05, 4.69) is 24.4 Å². The Balaban J connectivity index is 2.28. The normalized spacial score (nSPS) is 18.9. The molecule has 1 aromatic carbocycles. The molecule has 0 aliphatic carbocycles. The third-order valence-electron chi connectivity index (χ3n) is 3.01. The number of ether oxygens (including phenoxy) is 2. The van der Waals surface area contributed by atoms with Crippen LogP contribution in [0.15, 0.2) is 24.3 Å². The molecule has 1 aliphatic heterocycles. The Morgan fingerprint density at radius 1 is 1.25 bits per heavy atom. The second kappa shape index (κ2) is 4.95. The lowest BCUT2D eigenvalue weighted by molar-refractivity contribution is -0.170. The van der Waals surface area contributed by atoms with Gasteiger partial charge in [0.05, 0.1) is 13.2 Å². The SMILES string of the molecule is CNCCC1(c2ccccc2C)OCCO1. The van der Waals surface area contributed by atoms with Gasteiger partial charge in [0.15, 0.2) is 5.79 Å². The molecule has 3 heteroatoms. The van der Waals surface area contributed by atoms with Crippen LogP contribution in [0.4, 0.5) is 0 Å². The quantitative estimate of drug-likeness (QED) is 0.841. The summed E-state index contributed by atoms with van der Waals surface area (Å²) in [7, 11) is 1.94. The molecule has 0 spiro atoms. The standard InChI is InChI=1S/C13H19NO2/c1-11-5-3-4-6-12(11)13(7-8-14-2)15-9-10-16-13/h3-6,14H,7-10H2,1-2H3. The highest BCUT2D eigenvalue weighted by Crippen LogP contribution is 2.36. The number of hydrogen-bond acceptors (Lipinski definition) is 3. The van der Waals surface area contributed by atoms with Gasteiger partial charge in [-0.1, -0.05) is 24.3 Å². The summed E-state index contributed by atoms with van der Waals surface area (Å²) in [6.07, 6.45) is 0.842. The van der Waals surface area contributed by atoms with Crippen molar-refractivity contribution in [2.45, 2.75) is 19.1 Å². The van der Waals surface area contributed by atoms with E-state index >= 15 is 0 Å². The molecule has 88 valence electrons. The van der Waals surface area contributed by atoms with Crippen LogP contribution in [-0.2, 0) is 15.3 Å². The maximum Gasteiger partial charge on any atom is 0.196 e. The molecule has 0 aromatic heterocycles. The molecule has 1 aromatic rings. The molecule has 2 rings (SSSR count). The molecule has 1 fully saturated rings. The van der Waals surface area contributed by atoms with Gasteiger partial charge in [0.1, 0.15) is 0 Å². The zero-order valence-electron chi connectivity index (χ0n) is 9.95. The molecular formula is C13H19NO2. The van der Waals surface area contributed by atoms with Crippen molar-refractivity contribution in [3.05, 3.63) is 35.4 Å². The minimum atomic E-state index is -0.533. The van der Waals surface area contributed by atoms with E-state index in [-0.39, 0.29) is 0 Å². The second-order valence-electron chi connectivity index (χ2n) is 4.12. The minimum Gasteiger partial charge on any atom is -0.343 e. The van der Waals surface area contributed by atoms with Crippen molar-refractivity contribution in [2.75, 3.05) is 26.8 Å². The maximum absolute atomic E-state index is 5.85. The van der Waals surface area contributed by atoms with Gasteiger partial charge in [-0.3, -0.25) is 0 Å². The third-order valence-corrected chi connectivity index (χ3v) is 3.01. The van der Waals surface area contributed by atoms with E-state index in [1.54, 1.807) is 0 Å². The number of nitrogens with one attached hydrogen (secondary N) is 1. The molecule has 1 saturated heterocycles. The van der Waals surface area contributed by atoms with E-state index in [9.17, 15) is 0 Å². The summed E-state index contributed by atoms with van der Waals surface area (Å²) in [5, 5.41) is 3.15. The minimum absolute atomic E-state index is 0.533. The molecule has 3 nitrogen and oxygen atoms in total. The van der Waals surface area contributed by atoms with Crippen molar-refractivity contribution in [3.63, 3.8) is 0 Å². The summed E-state index contributed by atoms with van der Waals surface area (Å²) in [5.74, 6) is -0.533. The highest BCUT2D eigenvalue weighted by atomic mass is 16.7. The maximum atomic E-state index is 5.85. The van der Waals surface area contributed by atoms with Crippen LogP contribution in [0.3, 0.4) is 0 Å². The van der Waals surface area contributed by atoms with Crippen LogP contribution in [-0.4, -0.2) is 26.8 Å². The second-order valence-corrected chi connectivity index (χ2v) is 4.12.